The molecule has 1 aromatic heterocycles. The van der Waals surface area contributed by atoms with Crippen LogP contribution in [0.1, 0.15) is 5.69 Å². The molecule has 1 atom stereocenters. The van der Waals surface area contributed by atoms with E-state index in [1.165, 1.54) is 0 Å². The molecule has 0 aliphatic heterocycles. The third-order valence-electron chi connectivity index (χ3n) is 2.03. The summed E-state index contributed by atoms with van der Waals surface area (Å²) < 4.78 is 6.60. The van der Waals surface area contributed by atoms with E-state index in [0.29, 0.717) is 18.8 Å². The quantitative estimate of drug-likeness (QED) is 0.463. The van der Waals surface area contributed by atoms with E-state index in [2.05, 4.69) is 10.3 Å². The smallest absolute Gasteiger partial charge is 0.320 e. The van der Waals surface area contributed by atoms with E-state index in [1.54, 1.807) is 10.9 Å². The monoisotopic (exact) mass is 244 g/mol. The molecule has 1 heterocycles. The van der Waals surface area contributed by atoms with Crippen LogP contribution < -0.4 is 5.73 Å². The van der Waals surface area contributed by atoms with E-state index in [1.807, 2.05) is 0 Å². The summed E-state index contributed by atoms with van der Waals surface area (Å²) in [4.78, 5) is 10.5. The van der Waals surface area contributed by atoms with Crippen LogP contribution >= 0.6 is 0 Å². The molecule has 8 heteroatoms. The van der Waals surface area contributed by atoms with Crippen molar-refractivity contribution in [3.05, 3.63) is 11.9 Å². The van der Waals surface area contributed by atoms with E-state index in [0.717, 1.165) is 0 Å². The number of carboxylic acid groups (broad SMARTS) is 1. The number of hydrogen-bond donors (Lipinski definition) is 3. The highest BCUT2D eigenvalue weighted by Crippen LogP contribution is 1.98. The first-order valence-electron chi connectivity index (χ1n) is 5.19. The Morgan fingerprint density at radius 2 is 2.35 bits per heavy atom. The molecular formula is C9H16N4O4. The molecule has 0 aliphatic rings. The average Bonchev–Trinajstić information content (AvgIpc) is 2.72. The molecule has 96 valence electrons. The Labute approximate surface area is 98.0 Å². The fraction of sp³-hybridized carbons (Fsp3) is 0.667. The Morgan fingerprint density at radius 3 is 3.00 bits per heavy atom. The van der Waals surface area contributed by atoms with Crippen LogP contribution in [0.3, 0.4) is 0 Å². The Kier molecular flexibility index (Phi) is 5.53. The standard InChI is InChI=1S/C9H16N4O4/c10-8(9(15)16)5-7-6-13(12-11-7)1-3-17-4-2-14/h6,8,14H,1-5,10H2,(H,15,16). The van der Waals surface area contributed by atoms with Crippen molar-refractivity contribution in [1.29, 1.82) is 0 Å². The molecule has 0 aromatic carbocycles. The van der Waals surface area contributed by atoms with Crippen molar-refractivity contribution >= 4 is 5.97 Å². The molecule has 0 saturated carbocycles. The van der Waals surface area contributed by atoms with Gasteiger partial charge in [-0.2, -0.15) is 0 Å². The van der Waals surface area contributed by atoms with Gasteiger partial charge >= 0.3 is 5.97 Å². The number of aliphatic carboxylic acids is 1. The molecule has 1 aromatic rings. The maximum Gasteiger partial charge on any atom is 0.320 e. The lowest BCUT2D eigenvalue weighted by atomic mass is 10.2. The van der Waals surface area contributed by atoms with Gasteiger partial charge in [-0.05, 0) is 0 Å². The number of nitrogens with two attached hydrogens (primary N) is 1. The van der Waals surface area contributed by atoms with Gasteiger partial charge in [0, 0.05) is 12.6 Å². The number of aliphatic hydroxyl groups is 1. The zero-order chi connectivity index (χ0) is 12.7. The summed E-state index contributed by atoms with van der Waals surface area (Å²) in [6.45, 7) is 1.17. The number of aromatic nitrogens is 3. The lowest BCUT2D eigenvalue weighted by molar-refractivity contribution is -0.138. The first-order chi connectivity index (χ1) is 8.13. The summed E-state index contributed by atoms with van der Waals surface area (Å²) >= 11 is 0. The highest BCUT2D eigenvalue weighted by Gasteiger charge is 2.14. The molecule has 0 amide bonds. The van der Waals surface area contributed by atoms with Gasteiger partial charge in [0.25, 0.3) is 0 Å². The zero-order valence-corrected chi connectivity index (χ0v) is 9.32. The van der Waals surface area contributed by atoms with Crippen molar-refractivity contribution in [1.82, 2.24) is 15.0 Å². The van der Waals surface area contributed by atoms with Crippen LogP contribution in [0.2, 0.25) is 0 Å². The van der Waals surface area contributed by atoms with Gasteiger partial charge in [0.2, 0.25) is 0 Å². The maximum atomic E-state index is 10.5. The highest BCUT2D eigenvalue weighted by molar-refractivity contribution is 5.73. The molecular weight excluding hydrogens is 228 g/mol. The van der Waals surface area contributed by atoms with Gasteiger partial charge in [0.1, 0.15) is 6.04 Å². The van der Waals surface area contributed by atoms with Crippen molar-refractivity contribution < 1.29 is 19.7 Å². The van der Waals surface area contributed by atoms with Gasteiger partial charge in [0.15, 0.2) is 0 Å². The van der Waals surface area contributed by atoms with Crippen molar-refractivity contribution in [3.8, 4) is 0 Å². The van der Waals surface area contributed by atoms with Gasteiger partial charge in [-0.1, -0.05) is 5.21 Å². The molecule has 0 bridgehead atoms. The van der Waals surface area contributed by atoms with Crippen LogP contribution in [-0.4, -0.2) is 57.0 Å². The van der Waals surface area contributed by atoms with Gasteiger partial charge in [0.05, 0.1) is 32.1 Å². The van der Waals surface area contributed by atoms with Crippen LogP contribution in [0.25, 0.3) is 0 Å². The van der Waals surface area contributed by atoms with Crippen LogP contribution in [0.5, 0.6) is 0 Å². The second kappa shape index (κ2) is 6.94. The molecule has 8 nitrogen and oxygen atoms in total. The highest BCUT2D eigenvalue weighted by atomic mass is 16.5. The average molecular weight is 244 g/mol. The van der Waals surface area contributed by atoms with Gasteiger partial charge in [-0.3, -0.25) is 4.79 Å². The number of ether oxygens (including phenoxy) is 1. The van der Waals surface area contributed by atoms with Gasteiger partial charge < -0.3 is 20.7 Å². The van der Waals surface area contributed by atoms with Gasteiger partial charge in [-0.15, -0.1) is 5.10 Å². The van der Waals surface area contributed by atoms with Gasteiger partial charge in [-0.25, -0.2) is 4.68 Å². The normalized spacial score (nSPS) is 12.6. The second-order valence-corrected chi connectivity index (χ2v) is 3.46. The van der Waals surface area contributed by atoms with E-state index in [4.69, 9.17) is 20.7 Å². The Hall–Kier alpha value is -1.51. The lowest BCUT2D eigenvalue weighted by Gasteiger charge is -2.02. The van der Waals surface area contributed by atoms with E-state index < -0.39 is 12.0 Å². The molecule has 17 heavy (non-hydrogen) atoms. The zero-order valence-electron chi connectivity index (χ0n) is 9.32. The van der Waals surface area contributed by atoms with Crippen LogP contribution in [-0.2, 0) is 22.5 Å². The largest absolute Gasteiger partial charge is 0.480 e. The van der Waals surface area contributed by atoms with Crippen molar-refractivity contribution in [2.24, 2.45) is 5.73 Å². The van der Waals surface area contributed by atoms with Crippen LogP contribution in [0.15, 0.2) is 6.20 Å². The number of nitrogens with zero attached hydrogens (tertiary/aromatic N) is 3. The lowest BCUT2D eigenvalue weighted by Crippen LogP contribution is -2.32. The Morgan fingerprint density at radius 1 is 1.59 bits per heavy atom. The third-order valence-corrected chi connectivity index (χ3v) is 2.03. The van der Waals surface area contributed by atoms with Crippen molar-refractivity contribution in [3.63, 3.8) is 0 Å². The molecule has 0 spiro atoms. The number of aliphatic hydroxyl groups excluding tert-OH is 1. The predicted molar refractivity (Wildman–Crippen MR) is 57.2 cm³/mol. The summed E-state index contributed by atoms with van der Waals surface area (Å²) in [7, 11) is 0. The molecule has 0 radical (unpaired) electrons. The topological polar surface area (TPSA) is 123 Å². The van der Waals surface area contributed by atoms with Crippen molar-refractivity contribution in [2.75, 3.05) is 19.8 Å². The first-order valence-corrected chi connectivity index (χ1v) is 5.19. The number of carbonyl (C=O) groups is 1. The van der Waals surface area contributed by atoms with Crippen molar-refractivity contribution in [2.45, 2.75) is 19.0 Å². The maximum absolute atomic E-state index is 10.5. The van der Waals surface area contributed by atoms with E-state index in [9.17, 15) is 4.79 Å². The summed E-state index contributed by atoms with van der Waals surface area (Å²) in [5, 5.41) is 24.7. The summed E-state index contributed by atoms with van der Waals surface area (Å²) in [5.41, 5.74) is 5.90. The fourth-order valence-corrected chi connectivity index (χ4v) is 1.18. The molecule has 0 saturated heterocycles. The summed E-state index contributed by atoms with van der Waals surface area (Å²) in [6.07, 6.45) is 1.78. The summed E-state index contributed by atoms with van der Waals surface area (Å²) in [6, 6.07) is -0.967. The van der Waals surface area contributed by atoms with Crippen LogP contribution in [0, 0.1) is 0 Å². The SMILES string of the molecule is NC(Cc1cn(CCOCCO)nn1)C(=O)O. The van der Waals surface area contributed by atoms with E-state index >= 15 is 0 Å². The van der Waals surface area contributed by atoms with E-state index in [-0.39, 0.29) is 19.6 Å². The Bertz CT molecular complexity index is 355. The summed E-state index contributed by atoms with van der Waals surface area (Å²) in [5.74, 6) is -1.06. The number of hydrogen-bond acceptors (Lipinski definition) is 6. The predicted octanol–water partition coefficient (Wildman–Crippen LogP) is -1.76. The number of rotatable bonds is 8. The van der Waals surface area contributed by atoms with Crippen LogP contribution in [0.4, 0.5) is 0 Å². The minimum atomic E-state index is -1.06. The minimum absolute atomic E-state index is 0.0178. The first kappa shape index (κ1) is 13.6. The molecule has 4 N–H and O–H groups in total. The fourth-order valence-electron chi connectivity index (χ4n) is 1.18. The molecule has 0 fully saturated rings. The molecule has 1 unspecified atom stereocenters. The molecule has 1 rings (SSSR count). The third kappa shape index (κ3) is 4.89. The number of carboxylic acids is 1. The second-order valence-electron chi connectivity index (χ2n) is 3.46. The molecule has 0 aliphatic carbocycles. The minimum Gasteiger partial charge on any atom is -0.480 e. The Balaban J connectivity index is 2.34.